The van der Waals surface area contributed by atoms with Crippen LogP contribution in [0, 0.1) is 6.92 Å². The molecule has 1 aromatic rings. The Morgan fingerprint density at radius 1 is 1.27 bits per heavy atom. The molecular weight excluding hydrogens is 302 g/mol. The number of benzene rings is 1. The first-order valence-electron chi connectivity index (χ1n) is 7.16. The molecular formula is C16H23NO4S. The van der Waals surface area contributed by atoms with E-state index >= 15 is 0 Å². The Balaban J connectivity index is 3.09. The number of carbonyl (C=O) groups excluding carboxylic acids is 1. The van der Waals surface area contributed by atoms with Gasteiger partial charge in [0.1, 0.15) is 0 Å². The van der Waals surface area contributed by atoms with E-state index in [1.165, 1.54) is 20.4 Å². The number of ether oxygens (including phenoxy) is 1. The summed E-state index contributed by atoms with van der Waals surface area (Å²) in [4.78, 5) is 11.9. The third-order valence-corrected chi connectivity index (χ3v) is 5.01. The highest BCUT2D eigenvalue weighted by molar-refractivity contribution is 7.89. The molecule has 0 amide bonds. The lowest BCUT2D eigenvalue weighted by Crippen LogP contribution is -2.23. The van der Waals surface area contributed by atoms with Crippen molar-refractivity contribution in [1.82, 2.24) is 4.31 Å². The first-order valence-corrected chi connectivity index (χ1v) is 8.60. The van der Waals surface area contributed by atoms with E-state index in [1.54, 1.807) is 24.3 Å². The Labute approximate surface area is 132 Å². The fourth-order valence-electron chi connectivity index (χ4n) is 1.88. The average Bonchev–Trinajstić information content (AvgIpc) is 2.50. The van der Waals surface area contributed by atoms with E-state index in [-0.39, 0.29) is 4.90 Å². The monoisotopic (exact) mass is 325 g/mol. The van der Waals surface area contributed by atoms with Gasteiger partial charge in [0.25, 0.3) is 10.0 Å². The number of nitrogens with zero attached hydrogens (tertiary/aromatic N) is 1. The molecule has 0 atom stereocenters. The molecule has 22 heavy (non-hydrogen) atoms. The Morgan fingerprint density at radius 3 is 2.36 bits per heavy atom. The van der Waals surface area contributed by atoms with E-state index in [0.29, 0.717) is 12.0 Å². The molecule has 0 radical (unpaired) electrons. The Morgan fingerprint density at radius 2 is 1.86 bits per heavy atom. The van der Waals surface area contributed by atoms with E-state index in [4.69, 9.17) is 4.74 Å². The van der Waals surface area contributed by atoms with Crippen LogP contribution in [0.25, 0.3) is 0 Å². The number of carbonyl (C=O) groups is 1. The fourth-order valence-corrected chi connectivity index (χ4v) is 2.96. The summed E-state index contributed by atoms with van der Waals surface area (Å²) in [6.45, 7) is 3.89. The van der Waals surface area contributed by atoms with Crippen LogP contribution in [0.5, 0.6) is 0 Å². The molecule has 0 aliphatic carbocycles. The minimum absolute atomic E-state index is 0.191. The zero-order chi connectivity index (χ0) is 16.8. The van der Waals surface area contributed by atoms with E-state index in [9.17, 15) is 13.2 Å². The largest absolute Gasteiger partial charge is 0.466 e. The van der Waals surface area contributed by atoms with Crippen molar-refractivity contribution in [2.24, 2.45) is 0 Å². The van der Waals surface area contributed by atoms with E-state index in [1.807, 2.05) is 13.8 Å². The Bertz CT molecular complexity index is 633. The average molecular weight is 325 g/mol. The van der Waals surface area contributed by atoms with Crippen LogP contribution in [0.1, 0.15) is 31.7 Å². The van der Waals surface area contributed by atoms with Gasteiger partial charge in [-0.2, -0.15) is 0 Å². The molecule has 122 valence electrons. The molecule has 0 heterocycles. The summed E-state index contributed by atoms with van der Waals surface area (Å²) in [7, 11) is -0.959. The summed E-state index contributed by atoms with van der Waals surface area (Å²) in [5, 5.41) is 0. The van der Waals surface area contributed by atoms with Gasteiger partial charge in [-0.15, -0.1) is 0 Å². The predicted molar refractivity (Wildman–Crippen MR) is 85.8 cm³/mol. The first kappa shape index (κ1) is 18.2. The van der Waals surface area contributed by atoms with Crippen molar-refractivity contribution in [3.63, 3.8) is 0 Å². The second kappa shape index (κ2) is 7.98. The second-order valence-electron chi connectivity index (χ2n) is 5.08. The highest BCUT2D eigenvalue weighted by atomic mass is 32.2. The van der Waals surface area contributed by atoms with Gasteiger partial charge >= 0.3 is 5.97 Å². The predicted octanol–water partition coefficient (Wildman–Crippen LogP) is 2.86. The lowest BCUT2D eigenvalue weighted by atomic mass is 10.1. The van der Waals surface area contributed by atoms with Crippen molar-refractivity contribution in [3.05, 3.63) is 41.6 Å². The summed E-state index contributed by atoms with van der Waals surface area (Å²) in [6.07, 6.45) is 3.52. The number of rotatable bonds is 7. The number of unbranched alkanes of at least 4 members (excludes halogenated alkanes) is 1. The van der Waals surface area contributed by atoms with Crippen LogP contribution in [0.3, 0.4) is 0 Å². The first-order chi connectivity index (χ1) is 10.3. The molecule has 0 saturated heterocycles. The van der Waals surface area contributed by atoms with Gasteiger partial charge in [-0.05, 0) is 31.9 Å². The molecule has 6 heteroatoms. The summed E-state index contributed by atoms with van der Waals surface area (Å²) in [5.41, 5.74) is 1.33. The zero-order valence-corrected chi connectivity index (χ0v) is 14.3. The fraction of sp³-hybridized carbons (Fsp3) is 0.438. The van der Waals surface area contributed by atoms with Crippen molar-refractivity contribution in [2.75, 3.05) is 14.2 Å². The van der Waals surface area contributed by atoms with Gasteiger partial charge in [0, 0.05) is 13.2 Å². The van der Waals surface area contributed by atoms with E-state index < -0.39 is 16.0 Å². The van der Waals surface area contributed by atoms with Crippen LogP contribution in [0.15, 0.2) is 40.9 Å². The van der Waals surface area contributed by atoms with Crippen LogP contribution >= 0.6 is 0 Å². The van der Waals surface area contributed by atoms with Gasteiger partial charge in [-0.25, -0.2) is 13.2 Å². The highest BCUT2D eigenvalue weighted by Crippen LogP contribution is 2.18. The number of methoxy groups -OCH3 is 1. The molecule has 0 fully saturated rings. The van der Waals surface area contributed by atoms with Crippen molar-refractivity contribution in [3.8, 4) is 0 Å². The molecule has 0 aromatic heterocycles. The molecule has 0 N–H and O–H groups in total. The second-order valence-corrected chi connectivity index (χ2v) is 7.08. The Kier molecular flexibility index (Phi) is 6.61. The minimum atomic E-state index is -3.67. The van der Waals surface area contributed by atoms with Crippen LogP contribution in [-0.4, -0.2) is 32.8 Å². The number of hydrogen-bond acceptors (Lipinski definition) is 4. The molecule has 0 aliphatic rings. The van der Waals surface area contributed by atoms with Gasteiger partial charge in [0.2, 0.25) is 0 Å². The summed E-state index contributed by atoms with van der Waals surface area (Å²) < 4.78 is 30.8. The third-order valence-electron chi connectivity index (χ3n) is 3.28. The van der Waals surface area contributed by atoms with Gasteiger partial charge in [-0.3, -0.25) is 4.31 Å². The van der Waals surface area contributed by atoms with Crippen molar-refractivity contribution < 1.29 is 17.9 Å². The zero-order valence-electron chi connectivity index (χ0n) is 13.5. The van der Waals surface area contributed by atoms with Crippen molar-refractivity contribution in [2.45, 2.75) is 38.0 Å². The third kappa shape index (κ3) is 4.59. The maximum Gasteiger partial charge on any atom is 0.335 e. The van der Waals surface area contributed by atoms with Crippen LogP contribution < -0.4 is 0 Å². The van der Waals surface area contributed by atoms with Gasteiger partial charge in [0.15, 0.2) is 0 Å². The number of hydrogen-bond donors (Lipinski definition) is 0. The summed E-state index contributed by atoms with van der Waals surface area (Å²) in [5.74, 6) is -0.501. The molecule has 0 aliphatic heterocycles. The van der Waals surface area contributed by atoms with Gasteiger partial charge < -0.3 is 4.74 Å². The standard InChI is InChI=1S/C16H23NO4S/c1-5-6-7-14(16(18)21-4)12-17(3)22(19,20)15-10-8-13(2)9-11-15/h8-12H,5-7H2,1-4H3/b14-12-. The molecule has 5 nitrogen and oxygen atoms in total. The maximum absolute atomic E-state index is 12.5. The molecule has 0 saturated carbocycles. The highest BCUT2D eigenvalue weighted by Gasteiger charge is 2.20. The molecule has 1 aromatic carbocycles. The molecule has 1 rings (SSSR count). The normalized spacial score (nSPS) is 12.1. The summed E-state index contributed by atoms with van der Waals surface area (Å²) >= 11 is 0. The number of esters is 1. The Hall–Kier alpha value is -1.82. The van der Waals surface area contributed by atoms with E-state index in [0.717, 1.165) is 22.7 Å². The SMILES string of the molecule is CCCC/C(=C/N(C)S(=O)(=O)c1ccc(C)cc1)C(=O)OC. The lowest BCUT2D eigenvalue weighted by Gasteiger charge is -2.17. The van der Waals surface area contributed by atoms with Crippen molar-refractivity contribution >= 4 is 16.0 Å². The van der Waals surface area contributed by atoms with Crippen molar-refractivity contribution in [1.29, 1.82) is 0 Å². The van der Waals surface area contributed by atoms with Gasteiger partial charge in [-0.1, -0.05) is 31.0 Å². The molecule has 0 unspecified atom stereocenters. The quantitative estimate of drug-likeness (QED) is 0.571. The molecule has 0 spiro atoms. The lowest BCUT2D eigenvalue weighted by molar-refractivity contribution is -0.136. The smallest absolute Gasteiger partial charge is 0.335 e. The van der Waals surface area contributed by atoms with Crippen LogP contribution in [0.4, 0.5) is 0 Å². The van der Waals surface area contributed by atoms with Crippen LogP contribution in [-0.2, 0) is 19.6 Å². The summed E-state index contributed by atoms with van der Waals surface area (Å²) in [6, 6.07) is 6.59. The van der Waals surface area contributed by atoms with Gasteiger partial charge in [0.05, 0.1) is 17.6 Å². The van der Waals surface area contributed by atoms with E-state index in [2.05, 4.69) is 0 Å². The number of sulfonamides is 1. The maximum atomic E-state index is 12.5. The number of aryl methyl sites for hydroxylation is 1. The molecule has 0 bridgehead atoms. The topological polar surface area (TPSA) is 63.7 Å². The van der Waals surface area contributed by atoms with Crippen LogP contribution in [0.2, 0.25) is 0 Å². The minimum Gasteiger partial charge on any atom is -0.466 e.